The van der Waals surface area contributed by atoms with Crippen molar-refractivity contribution in [1.82, 2.24) is 0 Å². The van der Waals surface area contributed by atoms with Crippen molar-refractivity contribution >= 4 is 57.6 Å². The molecule has 0 unspecified atom stereocenters. The third-order valence-corrected chi connectivity index (χ3v) is 12.4. The molecule has 2 aliphatic heterocycles. The van der Waals surface area contributed by atoms with Crippen molar-refractivity contribution in [2.45, 2.75) is 74.0 Å². The number of unbranched alkanes of at least 4 members (excludes halogenated alkanes) is 2. The van der Waals surface area contributed by atoms with Crippen molar-refractivity contribution in [2.24, 2.45) is 0 Å². The van der Waals surface area contributed by atoms with E-state index in [2.05, 4.69) is 0 Å². The van der Waals surface area contributed by atoms with Gasteiger partial charge in [0.05, 0.1) is 26.7 Å². The minimum absolute atomic E-state index is 0.189. The number of rotatable bonds is 15. The molecule has 2 heterocycles. The Morgan fingerprint density at radius 1 is 0.667 bits per heavy atom. The molecule has 51 heavy (non-hydrogen) atoms. The SMILES string of the molecule is CC1(C)C(/C=C/C=C/C=C2/N(CCCCS(=O)(=O)O)c3ccc(S(=O)(=O)O)cc3C2(C)C)=[N+](CCCCS(=O)(=O)O)c2ccc(S(=O)(=O)O)cc21. The molecule has 0 fully saturated rings. The van der Waals surface area contributed by atoms with Crippen molar-refractivity contribution < 1.29 is 56.5 Å². The lowest BCUT2D eigenvalue weighted by molar-refractivity contribution is -0.438. The summed E-state index contributed by atoms with van der Waals surface area (Å²) in [7, 11) is -17.2. The fraction of sp³-hybridized carbons (Fsp3) is 0.424. The fourth-order valence-electron chi connectivity index (χ4n) is 6.58. The highest BCUT2D eigenvalue weighted by Crippen LogP contribution is 2.48. The van der Waals surface area contributed by atoms with Crippen LogP contribution in [0.15, 0.2) is 82.3 Å². The van der Waals surface area contributed by atoms with Gasteiger partial charge in [-0.2, -0.15) is 38.2 Å². The molecule has 2 aromatic rings. The first-order chi connectivity index (χ1) is 23.3. The molecular weight excluding hydrogens is 745 g/mol. The Hall–Kier alpha value is -3.23. The number of hydrogen-bond donors (Lipinski definition) is 4. The average Bonchev–Trinajstić information content (AvgIpc) is 3.33. The highest BCUT2D eigenvalue weighted by atomic mass is 32.2. The van der Waals surface area contributed by atoms with E-state index < -0.39 is 62.8 Å². The Kier molecular flexibility index (Phi) is 11.6. The highest BCUT2D eigenvalue weighted by Gasteiger charge is 2.45. The maximum absolute atomic E-state index is 11.9. The summed E-state index contributed by atoms with van der Waals surface area (Å²) in [4.78, 5) is 1.42. The first kappa shape index (κ1) is 40.5. The number of nitrogens with zero attached hydrogens (tertiary/aromatic N) is 2. The zero-order chi connectivity index (χ0) is 38.2. The molecule has 0 amide bonds. The molecule has 0 aliphatic carbocycles. The van der Waals surface area contributed by atoms with Crippen LogP contribution >= 0.6 is 0 Å². The van der Waals surface area contributed by atoms with Gasteiger partial charge in [0.25, 0.3) is 40.5 Å². The van der Waals surface area contributed by atoms with Crippen LogP contribution < -0.4 is 4.90 Å². The number of allylic oxidation sites excluding steroid dienone is 6. The quantitative estimate of drug-likeness (QED) is 0.0834. The lowest BCUT2D eigenvalue weighted by Crippen LogP contribution is -2.28. The van der Waals surface area contributed by atoms with Gasteiger partial charge in [0.2, 0.25) is 5.69 Å². The molecule has 18 heteroatoms. The van der Waals surface area contributed by atoms with E-state index in [0.29, 0.717) is 48.4 Å². The van der Waals surface area contributed by atoms with Gasteiger partial charge < -0.3 is 4.90 Å². The van der Waals surface area contributed by atoms with E-state index >= 15 is 0 Å². The van der Waals surface area contributed by atoms with Crippen LogP contribution in [0.1, 0.15) is 64.5 Å². The fourth-order valence-corrected chi connectivity index (χ4v) is 8.73. The van der Waals surface area contributed by atoms with Crippen LogP contribution in [0.3, 0.4) is 0 Å². The van der Waals surface area contributed by atoms with Gasteiger partial charge in [0.15, 0.2) is 5.71 Å². The summed E-state index contributed by atoms with van der Waals surface area (Å²) in [5, 5.41) is 0. The molecule has 4 rings (SSSR count). The zero-order valence-electron chi connectivity index (χ0n) is 28.6. The van der Waals surface area contributed by atoms with Crippen LogP contribution in [-0.2, 0) is 51.3 Å². The van der Waals surface area contributed by atoms with Crippen LogP contribution in [0.2, 0.25) is 0 Å². The third-order valence-electron chi connectivity index (χ3n) is 9.12. The maximum atomic E-state index is 11.9. The number of benzene rings is 2. The normalized spacial score (nSPS) is 18.4. The van der Waals surface area contributed by atoms with Gasteiger partial charge in [-0.05, 0) is 75.1 Å². The Morgan fingerprint density at radius 3 is 1.78 bits per heavy atom. The standard InChI is InChI=1S/C33H42N2O12S4/c1-32(2)26-22-24(50(42,43)44)14-16-28(26)34(18-8-10-20-48(36,37)38)30(32)12-6-5-7-13-31-33(3,4)27-23-25(51(45,46)47)15-17-29(27)35(31)19-9-11-21-49(39,40)41/h5-7,12-17,22-23H,8-11,18-21H2,1-4H3,(H3-,36,37,38,39,40,41,42,43,44,45,46,47)/p+1. The molecule has 0 spiro atoms. The highest BCUT2D eigenvalue weighted by molar-refractivity contribution is 7.86. The van der Waals surface area contributed by atoms with Gasteiger partial charge in [-0.15, -0.1) is 0 Å². The molecule has 2 aromatic carbocycles. The van der Waals surface area contributed by atoms with E-state index in [0.717, 1.165) is 11.4 Å². The summed E-state index contributed by atoms with van der Waals surface area (Å²) in [5.41, 5.74) is 2.70. The topological polar surface area (TPSA) is 224 Å². The molecular formula is C33H43N2O12S4+. The molecule has 0 atom stereocenters. The lowest BCUT2D eigenvalue weighted by atomic mass is 9.81. The van der Waals surface area contributed by atoms with Crippen molar-refractivity contribution in [1.29, 1.82) is 0 Å². The van der Waals surface area contributed by atoms with Crippen molar-refractivity contribution in [3.8, 4) is 0 Å². The zero-order valence-corrected chi connectivity index (χ0v) is 31.9. The summed E-state index contributed by atoms with van der Waals surface area (Å²) < 4.78 is 132. The van der Waals surface area contributed by atoms with Crippen LogP contribution in [0, 0.1) is 0 Å². The van der Waals surface area contributed by atoms with Crippen molar-refractivity contribution in [3.63, 3.8) is 0 Å². The second kappa shape index (κ2) is 14.7. The monoisotopic (exact) mass is 787 g/mol. The van der Waals surface area contributed by atoms with Gasteiger partial charge in [0, 0.05) is 47.5 Å². The predicted molar refractivity (Wildman–Crippen MR) is 193 cm³/mol. The van der Waals surface area contributed by atoms with Crippen molar-refractivity contribution in [3.05, 3.63) is 83.6 Å². The van der Waals surface area contributed by atoms with Crippen molar-refractivity contribution in [2.75, 3.05) is 29.5 Å². The molecule has 0 saturated carbocycles. The molecule has 0 radical (unpaired) electrons. The van der Waals surface area contributed by atoms with E-state index in [1.165, 1.54) is 24.3 Å². The Balaban J connectivity index is 1.68. The first-order valence-electron chi connectivity index (χ1n) is 16.0. The smallest absolute Gasteiger partial charge is 0.294 e. The Morgan fingerprint density at radius 2 is 1.22 bits per heavy atom. The minimum atomic E-state index is -4.48. The molecule has 2 aliphatic rings. The number of hydrogen-bond acceptors (Lipinski definition) is 9. The second-order valence-corrected chi connectivity index (χ2v) is 19.5. The van der Waals surface area contributed by atoms with Gasteiger partial charge in [-0.1, -0.05) is 32.1 Å². The minimum Gasteiger partial charge on any atom is -0.344 e. The predicted octanol–water partition coefficient (Wildman–Crippen LogP) is 4.69. The van der Waals surface area contributed by atoms with Gasteiger partial charge >= 0.3 is 0 Å². The summed E-state index contributed by atoms with van der Waals surface area (Å²) in [6, 6.07) is 8.58. The molecule has 4 N–H and O–H groups in total. The Bertz CT molecular complexity index is 2270. The maximum Gasteiger partial charge on any atom is 0.294 e. The summed E-state index contributed by atoms with van der Waals surface area (Å²) in [5.74, 6) is -0.813. The van der Waals surface area contributed by atoms with Gasteiger partial charge in [-0.25, -0.2) is 0 Å². The molecule has 0 bridgehead atoms. The van der Waals surface area contributed by atoms with E-state index in [1.807, 2.05) is 49.3 Å². The van der Waals surface area contributed by atoms with Gasteiger partial charge in [0.1, 0.15) is 6.54 Å². The van der Waals surface area contributed by atoms with E-state index in [-0.39, 0.29) is 22.6 Å². The van der Waals surface area contributed by atoms with Crippen LogP contribution in [0.25, 0.3) is 0 Å². The molecule has 0 saturated heterocycles. The Labute approximate surface area is 299 Å². The van der Waals surface area contributed by atoms with Crippen LogP contribution in [0.4, 0.5) is 11.4 Å². The van der Waals surface area contributed by atoms with E-state index in [4.69, 9.17) is 9.11 Å². The third kappa shape index (κ3) is 9.61. The van der Waals surface area contributed by atoms with Crippen LogP contribution in [0.5, 0.6) is 0 Å². The molecule has 14 nitrogen and oxygen atoms in total. The van der Waals surface area contributed by atoms with Gasteiger partial charge in [-0.3, -0.25) is 18.2 Å². The summed E-state index contributed by atoms with van der Waals surface area (Å²) >= 11 is 0. The lowest BCUT2D eigenvalue weighted by Gasteiger charge is -2.27. The second-order valence-electron chi connectivity index (χ2n) is 13.5. The van der Waals surface area contributed by atoms with E-state index in [1.54, 1.807) is 30.4 Å². The largest absolute Gasteiger partial charge is 0.344 e. The molecule has 280 valence electrons. The number of fused-ring (bicyclic) bond motifs is 2. The average molecular weight is 788 g/mol. The summed E-state index contributed by atoms with van der Waals surface area (Å²) in [6.07, 6.45) is 10.2. The summed E-state index contributed by atoms with van der Waals surface area (Å²) in [6.45, 7) is 8.28. The number of anilines is 1. The molecule has 0 aromatic heterocycles. The van der Waals surface area contributed by atoms with E-state index in [9.17, 15) is 42.8 Å². The van der Waals surface area contributed by atoms with Crippen LogP contribution in [-0.4, -0.2) is 86.8 Å². The first-order valence-corrected chi connectivity index (χ1v) is 22.1.